The fourth-order valence-corrected chi connectivity index (χ4v) is 3.14. The molecule has 2 aromatic heterocycles. The SMILES string of the molecule is CCOC(=O)C1(c2nc(-c3cncs3)no2)CCCC1. The minimum Gasteiger partial charge on any atom is -0.465 e. The van der Waals surface area contributed by atoms with Crippen LogP contribution in [0.25, 0.3) is 10.7 Å². The van der Waals surface area contributed by atoms with E-state index in [1.165, 1.54) is 11.3 Å². The van der Waals surface area contributed by atoms with Gasteiger partial charge in [0.05, 0.1) is 17.0 Å². The number of carbonyl (C=O) groups excluding carboxylic acids is 1. The van der Waals surface area contributed by atoms with Crippen LogP contribution in [0.1, 0.15) is 38.5 Å². The van der Waals surface area contributed by atoms with E-state index in [4.69, 9.17) is 9.26 Å². The monoisotopic (exact) mass is 293 g/mol. The van der Waals surface area contributed by atoms with Gasteiger partial charge in [0.1, 0.15) is 5.41 Å². The molecule has 0 unspecified atom stereocenters. The van der Waals surface area contributed by atoms with Gasteiger partial charge in [-0.05, 0) is 19.8 Å². The summed E-state index contributed by atoms with van der Waals surface area (Å²) in [6.45, 7) is 2.16. The lowest BCUT2D eigenvalue weighted by Gasteiger charge is -2.21. The van der Waals surface area contributed by atoms with Gasteiger partial charge in [0, 0.05) is 6.20 Å². The van der Waals surface area contributed by atoms with Crippen LogP contribution in [0.3, 0.4) is 0 Å². The Balaban J connectivity index is 1.94. The van der Waals surface area contributed by atoms with Gasteiger partial charge in [0.15, 0.2) is 0 Å². The Kier molecular flexibility index (Phi) is 3.52. The Bertz CT molecular complexity index is 588. The average Bonchev–Trinajstić information content (AvgIpc) is 3.19. The van der Waals surface area contributed by atoms with E-state index in [2.05, 4.69) is 15.1 Å². The number of nitrogens with zero attached hydrogens (tertiary/aromatic N) is 3. The van der Waals surface area contributed by atoms with Gasteiger partial charge in [-0.2, -0.15) is 4.98 Å². The molecule has 0 bridgehead atoms. The predicted octanol–water partition coefficient (Wildman–Crippen LogP) is 2.57. The van der Waals surface area contributed by atoms with E-state index in [0.29, 0.717) is 31.2 Å². The summed E-state index contributed by atoms with van der Waals surface area (Å²) in [6, 6.07) is 0. The standard InChI is InChI=1S/C13H15N3O3S/c1-2-18-12(17)13(5-3-4-6-13)11-15-10(16-19-11)9-7-14-8-20-9/h7-8H,2-6H2,1H3. The lowest BCUT2D eigenvalue weighted by molar-refractivity contribution is -0.151. The van der Waals surface area contributed by atoms with Gasteiger partial charge in [0.2, 0.25) is 11.7 Å². The highest BCUT2D eigenvalue weighted by Crippen LogP contribution is 2.42. The summed E-state index contributed by atoms with van der Waals surface area (Å²) >= 11 is 1.44. The first kappa shape index (κ1) is 13.2. The van der Waals surface area contributed by atoms with Crippen LogP contribution in [0.4, 0.5) is 0 Å². The maximum Gasteiger partial charge on any atom is 0.321 e. The molecule has 0 radical (unpaired) electrons. The second-order valence-electron chi connectivity index (χ2n) is 4.80. The highest BCUT2D eigenvalue weighted by Gasteiger charge is 2.49. The quantitative estimate of drug-likeness (QED) is 0.806. The highest BCUT2D eigenvalue weighted by atomic mass is 32.1. The van der Waals surface area contributed by atoms with Gasteiger partial charge in [-0.3, -0.25) is 9.78 Å². The third kappa shape index (κ3) is 2.11. The van der Waals surface area contributed by atoms with Crippen LogP contribution in [0.15, 0.2) is 16.2 Å². The third-order valence-electron chi connectivity index (χ3n) is 3.61. The lowest BCUT2D eigenvalue weighted by Crippen LogP contribution is -2.35. The first-order valence-electron chi connectivity index (χ1n) is 6.66. The van der Waals surface area contributed by atoms with Crippen molar-refractivity contribution < 1.29 is 14.1 Å². The first-order valence-corrected chi connectivity index (χ1v) is 7.54. The molecular formula is C13H15N3O3S. The van der Waals surface area contributed by atoms with Gasteiger partial charge in [-0.15, -0.1) is 11.3 Å². The molecule has 20 heavy (non-hydrogen) atoms. The van der Waals surface area contributed by atoms with Gasteiger partial charge in [0.25, 0.3) is 0 Å². The fourth-order valence-electron chi connectivity index (χ4n) is 2.60. The van der Waals surface area contributed by atoms with E-state index in [1.54, 1.807) is 18.6 Å². The number of rotatable bonds is 4. The maximum atomic E-state index is 12.3. The molecule has 6 nitrogen and oxygen atoms in total. The normalized spacial score (nSPS) is 17.2. The van der Waals surface area contributed by atoms with Gasteiger partial charge >= 0.3 is 5.97 Å². The zero-order chi connectivity index (χ0) is 14.0. The molecule has 7 heteroatoms. The van der Waals surface area contributed by atoms with E-state index < -0.39 is 5.41 Å². The number of carbonyl (C=O) groups is 1. The van der Waals surface area contributed by atoms with E-state index >= 15 is 0 Å². The van der Waals surface area contributed by atoms with Crippen molar-refractivity contribution in [3.05, 3.63) is 17.6 Å². The number of thiazole rings is 1. The number of esters is 1. The molecule has 1 aliphatic carbocycles. The lowest BCUT2D eigenvalue weighted by atomic mass is 9.86. The highest BCUT2D eigenvalue weighted by molar-refractivity contribution is 7.13. The molecule has 0 aliphatic heterocycles. The van der Waals surface area contributed by atoms with Gasteiger partial charge in [-0.1, -0.05) is 18.0 Å². The largest absolute Gasteiger partial charge is 0.465 e. The fraction of sp³-hybridized carbons (Fsp3) is 0.538. The molecule has 0 amide bonds. The molecule has 0 saturated heterocycles. The van der Waals surface area contributed by atoms with Crippen LogP contribution in [-0.2, 0) is 14.9 Å². The van der Waals surface area contributed by atoms with Crippen molar-refractivity contribution >= 4 is 17.3 Å². The summed E-state index contributed by atoms with van der Waals surface area (Å²) in [6.07, 6.45) is 5.03. The van der Waals surface area contributed by atoms with Crippen molar-refractivity contribution in [2.75, 3.05) is 6.61 Å². The number of aromatic nitrogens is 3. The predicted molar refractivity (Wildman–Crippen MR) is 72.2 cm³/mol. The molecule has 2 aromatic rings. The molecule has 0 aromatic carbocycles. The van der Waals surface area contributed by atoms with Crippen LogP contribution in [0.5, 0.6) is 0 Å². The van der Waals surface area contributed by atoms with E-state index in [9.17, 15) is 4.79 Å². The topological polar surface area (TPSA) is 78.1 Å². The number of ether oxygens (including phenoxy) is 1. The van der Waals surface area contributed by atoms with Crippen molar-refractivity contribution in [1.82, 2.24) is 15.1 Å². The Morgan fingerprint density at radius 3 is 2.95 bits per heavy atom. The van der Waals surface area contributed by atoms with Crippen molar-refractivity contribution in [2.45, 2.75) is 38.0 Å². The van der Waals surface area contributed by atoms with Crippen molar-refractivity contribution in [3.8, 4) is 10.7 Å². The average molecular weight is 293 g/mol. The molecule has 106 valence electrons. The van der Waals surface area contributed by atoms with E-state index in [0.717, 1.165) is 17.7 Å². The molecule has 3 rings (SSSR count). The molecule has 1 saturated carbocycles. The van der Waals surface area contributed by atoms with Crippen LogP contribution >= 0.6 is 11.3 Å². The van der Waals surface area contributed by atoms with Crippen LogP contribution in [-0.4, -0.2) is 27.7 Å². The van der Waals surface area contributed by atoms with Gasteiger partial charge < -0.3 is 9.26 Å². The summed E-state index contributed by atoms with van der Waals surface area (Å²) in [4.78, 5) is 21.5. The van der Waals surface area contributed by atoms with E-state index in [-0.39, 0.29) is 5.97 Å². The Hall–Kier alpha value is -1.76. The Labute approximate surface area is 120 Å². The summed E-state index contributed by atoms with van der Waals surface area (Å²) in [5.74, 6) is 0.604. The molecule has 1 aliphatic rings. The zero-order valence-corrected chi connectivity index (χ0v) is 12.0. The summed E-state index contributed by atoms with van der Waals surface area (Å²) in [7, 11) is 0. The van der Waals surface area contributed by atoms with Crippen molar-refractivity contribution in [1.29, 1.82) is 0 Å². The molecule has 1 fully saturated rings. The second kappa shape index (κ2) is 5.32. The van der Waals surface area contributed by atoms with Crippen LogP contribution < -0.4 is 0 Å². The van der Waals surface area contributed by atoms with Crippen molar-refractivity contribution in [2.24, 2.45) is 0 Å². The van der Waals surface area contributed by atoms with Crippen molar-refractivity contribution in [3.63, 3.8) is 0 Å². The smallest absolute Gasteiger partial charge is 0.321 e. The molecule has 0 spiro atoms. The third-order valence-corrected chi connectivity index (χ3v) is 4.38. The van der Waals surface area contributed by atoms with Crippen LogP contribution in [0, 0.1) is 0 Å². The number of hydrogen-bond donors (Lipinski definition) is 0. The molecular weight excluding hydrogens is 278 g/mol. The molecule has 0 atom stereocenters. The first-order chi connectivity index (χ1) is 9.76. The van der Waals surface area contributed by atoms with Gasteiger partial charge in [-0.25, -0.2) is 0 Å². The minimum atomic E-state index is -0.758. The summed E-state index contributed by atoms with van der Waals surface area (Å²) in [5, 5.41) is 3.97. The Morgan fingerprint density at radius 1 is 1.50 bits per heavy atom. The second-order valence-corrected chi connectivity index (χ2v) is 5.68. The molecule has 0 N–H and O–H groups in total. The summed E-state index contributed by atoms with van der Waals surface area (Å²) in [5.41, 5.74) is 0.952. The minimum absolute atomic E-state index is 0.253. The van der Waals surface area contributed by atoms with Crippen LogP contribution in [0.2, 0.25) is 0 Å². The molecule has 2 heterocycles. The summed E-state index contributed by atoms with van der Waals surface area (Å²) < 4.78 is 10.6. The number of hydrogen-bond acceptors (Lipinski definition) is 7. The Morgan fingerprint density at radius 2 is 2.30 bits per heavy atom. The maximum absolute atomic E-state index is 12.3. The zero-order valence-electron chi connectivity index (χ0n) is 11.2. The van der Waals surface area contributed by atoms with E-state index in [1.807, 2.05) is 0 Å².